The molecule has 2 aromatic rings. The van der Waals surface area contributed by atoms with Crippen molar-refractivity contribution in [3.63, 3.8) is 0 Å². The number of nitrogens with zero attached hydrogens (tertiary/aromatic N) is 3. The third kappa shape index (κ3) is 5.46. The van der Waals surface area contributed by atoms with Crippen LogP contribution in [0.5, 0.6) is 0 Å². The number of hydrogen-bond donors (Lipinski definition) is 2. The van der Waals surface area contributed by atoms with Gasteiger partial charge in [0.05, 0.1) is 18.1 Å². The van der Waals surface area contributed by atoms with E-state index in [1.807, 2.05) is 0 Å². The Morgan fingerprint density at radius 1 is 1.10 bits per heavy atom. The van der Waals surface area contributed by atoms with E-state index < -0.39 is 15.9 Å². The fraction of sp³-hybridized carbons (Fsp3) is 0.333. The molecule has 154 valence electrons. The third-order valence-electron chi connectivity index (χ3n) is 4.12. The lowest BCUT2D eigenvalue weighted by Crippen LogP contribution is -2.44. The van der Waals surface area contributed by atoms with Crippen molar-refractivity contribution in [1.82, 2.24) is 14.9 Å². The minimum atomic E-state index is -3.86. The topological polar surface area (TPSA) is 114 Å². The maximum absolute atomic E-state index is 12.6. The average molecular weight is 436 g/mol. The van der Waals surface area contributed by atoms with Gasteiger partial charge >= 0.3 is 0 Å². The monoisotopic (exact) mass is 435 g/mol. The summed E-state index contributed by atoms with van der Waals surface area (Å²) in [4.78, 5) is 22.5. The molecule has 1 aromatic heterocycles. The van der Waals surface area contributed by atoms with Crippen LogP contribution >= 0.6 is 12.2 Å². The molecule has 2 heterocycles. The predicted molar refractivity (Wildman–Crippen MR) is 112 cm³/mol. The lowest BCUT2D eigenvalue weighted by molar-refractivity contribution is -0.111. The minimum absolute atomic E-state index is 0.00994. The van der Waals surface area contributed by atoms with Crippen LogP contribution < -0.4 is 10.0 Å². The molecule has 1 amide bonds. The van der Waals surface area contributed by atoms with Crippen LogP contribution in [-0.2, 0) is 19.6 Å². The molecule has 1 saturated heterocycles. The van der Waals surface area contributed by atoms with Crippen molar-refractivity contribution in [3.05, 3.63) is 41.7 Å². The van der Waals surface area contributed by atoms with Crippen LogP contribution in [0.2, 0.25) is 0 Å². The second kappa shape index (κ2) is 8.80. The second-order valence-corrected chi connectivity index (χ2v) is 8.53. The summed E-state index contributed by atoms with van der Waals surface area (Å²) in [5, 5.41) is 2.68. The van der Waals surface area contributed by atoms with Crippen molar-refractivity contribution in [2.75, 3.05) is 36.3 Å². The molecule has 2 N–H and O–H groups in total. The number of amides is 1. The lowest BCUT2D eigenvalue weighted by Gasteiger charge is -2.28. The van der Waals surface area contributed by atoms with Gasteiger partial charge in [-0.3, -0.25) is 4.79 Å². The minimum Gasteiger partial charge on any atom is -0.378 e. The van der Waals surface area contributed by atoms with Crippen LogP contribution in [0.4, 0.5) is 11.6 Å². The van der Waals surface area contributed by atoms with Crippen LogP contribution in [0.1, 0.15) is 11.4 Å². The molecule has 29 heavy (non-hydrogen) atoms. The number of sulfonamides is 1. The maximum Gasteiger partial charge on any atom is 0.283 e. The number of carbonyl (C=O) groups is 1. The molecule has 0 saturated carbocycles. The van der Waals surface area contributed by atoms with Gasteiger partial charge in [0.2, 0.25) is 5.95 Å². The Kier molecular flexibility index (Phi) is 6.40. The van der Waals surface area contributed by atoms with Crippen LogP contribution in [-0.4, -0.2) is 60.5 Å². The molecule has 0 aliphatic carbocycles. The summed E-state index contributed by atoms with van der Waals surface area (Å²) < 4.78 is 32.7. The number of benzene rings is 1. The number of aryl methyl sites for hydroxylation is 2. The Morgan fingerprint density at radius 3 is 2.28 bits per heavy atom. The Bertz CT molecular complexity index is 999. The van der Waals surface area contributed by atoms with Crippen molar-refractivity contribution in [2.24, 2.45) is 0 Å². The van der Waals surface area contributed by atoms with Crippen molar-refractivity contribution in [3.8, 4) is 0 Å². The van der Waals surface area contributed by atoms with Crippen molar-refractivity contribution < 1.29 is 17.9 Å². The van der Waals surface area contributed by atoms with Gasteiger partial charge in [0, 0.05) is 30.2 Å². The van der Waals surface area contributed by atoms with Crippen LogP contribution in [0, 0.1) is 13.8 Å². The first-order valence-electron chi connectivity index (χ1n) is 8.88. The first-order valence-corrected chi connectivity index (χ1v) is 10.8. The highest BCUT2D eigenvalue weighted by Crippen LogP contribution is 2.17. The van der Waals surface area contributed by atoms with Gasteiger partial charge in [0.15, 0.2) is 4.99 Å². The number of rotatable bonds is 4. The van der Waals surface area contributed by atoms with E-state index in [0.717, 1.165) is 0 Å². The van der Waals surface area contributed by atoms with E-state index >= 15 is 0 Å². The summed E-state index contributed by atoms with van der Waals surface area (Å²) in [5.74, 6) is -0.407. The van der Waals surface area contributed by atoms with Crippen molar-refractivity contribution >= 4 is 44.8 Å². The highest BCUT2D eigenvalue weighted by molar-refractivity contribution is 7.92. The molecule has 1 aromatic carbocycles. The molecule has 1 fully saturated rings. The zero-order valence-corrected chi connectivity index (χ0v) is 17.6. The van der Waals surface area contributed by atoms with Crippen LogP contribution in [0.3, 0.4) is 0 Å². The van der Waals surface area contributed by atoms with E-state index in [2.05, 4.69) is 20.0 Å². The fourth-order valence-corrected chi connectivity index (χ4v) is 3.94. The Morgan fingerprint density at radius 2 is 1.69 bits per heavy atom. The van der Waals surface area contributed by atoms with Gasteiger partial charge < -0.3 is 15.0 Å². The first-order chi connectivity index (χ1) is 13.7. The maximum atomic E-state index is 12.6. The van der Waals surface area contributed by atoms with Gasteiger partial charge in [0.25, 0.3) is 15.9 Å². The van der Waals surface area contributed by atoms with Crippen molar-refractivity contribution in [1.29, 1.82) is 0 Å². The van der Waals surface area contributed by atoms with Crippen LogP contribution in [0.25, 0.3) is 0 Å². The molecule has 0 unspecified atom stereocenters. The number of ether oxygens (including phenoxy) is 1. The molecule has 1 aliphatic rings. The van der Waals surface area contributed by atoms with Gasteiger partial charge in [-0.25, -0.2) is 23.1 Å². The second-order valence-electron chi connectivity index (χ2n) is 6.46. The van der Waals surface area contributed by atoms with Gasteiger partial charge in [-0.2, -0.15) is 0 Å². The zero-order valence-electron chi connectivity index (χ0n) is 16.0. The Labute approximate surface area is 174 Å². The van der Waals surface area contributed by atoms with Crippen LogP contribution in [0.15, 0.2) is 35.2 Å². The highest BCUT2D eigenvalue weighted by Gasteiger charge is 2.20. The molecule has 0 bridgehead atoms. The van der Waals surface area contributed by atoms with E-state index in [9.17, 15) is 13.2 Å². The van der Waals surface area contributed by atoms with Gasteiger partial charge in [-0.15, -0.1) is 0 Å². The Balaban J connectivity index is 1.67. The zero-order chi connectivity index (χ0) is 21.0. The number of hydrogen-bond acceptors (Lipinski definition) is 7. The fourth-order valence-electron chi connectivity index (χ4n) is 2.76. The summed E-state index contributed by atoms with van der Waals surface area (Å²) in [6, 6.07) is 7.51. The molecular formula is C18H21N5O4S2. The molecule has 0 spiro atoms. The average Bonchev–Trinajstić information content (AvgIpc) is 2.67. The number of aromatic nitrogens is 2. The van der Waals surface area contributed by atoms with E-state index in [4.69, 9.17) is 17.0 Å². The number of thiocarbonyl (C=S) groups is 1. The molecule has 0 atom stereocenters. The molecule has 3 rings (SSSR count). The third-order valence-corrected chi connectivity index (χ3v) is 5.91. The first kappa shape index (κ1) is 21.1. The largest absolute Gasteiger partial charge is 0.378 e. The number of morpholine rings is 1. The summed E-state index contributed by atoms with van der Waals surface area (Å²) in [6.07, 6.45) is 0. The summed E-state index contributed by atoms with van der Waals surface area (Å²) in [7, 11) is -3.86. The smallest absolute Gasteiger partial charge is 0.283 e. The normalized spacial score (nSPS) is 14.3. The van der Waals surface area contributed by atoms with E-state index in [-0.39, 0.29) is 15.8 Å². The standard InChI is InChI=1S/C18H21N5O4S2/c1-12-11-13(2)20-18(19-12)22-29(25,26)15-5-3-14(4-6-15)21-16(24)17(28)23-7-9-27-10-8-23/h3-6,11H,7-10H2,1-2H3,(H,21,24)(H,19,20,22). The molecule has 1 aliphatic heterocycles. The summed E-state index contributed by atoms with van der Waals surface area (Å²) >= 11 is 5.21. The number of nitrogens with one attached hydrogen (secondary N) is 2. The SMILES string of the molecule is Cc1cc(C)nc(NS(=O)(=O)c2ccc(NC(=O)C(=S)N3CCOCC3)cc2)n1. The lowest BCUT2D eigenvalue weighted by atomic mass is 10.3. The van der Waals surface area contributed by atoms with Gasteiger partial charge in [0.1, 0.15) is 0 Å². The molecule has 9 nitrogen and oxygen atoms in total. The summed E-state index contributed by atoms with van der Waals surface area (Å²) in [5.41, 5.74) is 1.75. The van der Waals surface area contributed by atoms with Gasteiger partial charge in [-0.05, 0) is 44.2 Å². The summed E-state index contributed by atoms with van der Waals surface area (Å²) in [6.45, 7) is 5.69. The Hall–Kier alpha value is -2.63. The van der Waals surface area contributed by atoms with E-state index in [1.54, 1.807) is 24.8 Å². The van der Waals surface area contributed by atoms with E-state index in [1.165, 1.54) is 24.3 Å². The quantitative estimate of drug-likeness (QED) is 0.695. The molecule has 11 heteroatoms. The van der Waals surface area contributed by atoms with Crippen molar-refractivity contribution in [2.45, 2.75) is 18.7 Å². The van der Waals surface area contributed by atoms with E-state index in [0.29, 0.717) is 43.4 Å². The molecular weight excluding hydrogens is 414 g/mol. The number of anilines is 2. The van der Waals surface area contributed by atoms with Gasteiger partial charge in [-0.1, -0.05) is 12.2 Å². The number of carbonyl (C=O) groups excluding carboxylic acids is 1. The predicted octanol–water partition coefficient (Wildman–Crippen LogP) is 1.49. The highest BCUT2D eigenvalue weighted by atomic mass is 32.2. The molecule has 0 radical (unpaired) electrons.